The first kappa shape index (κ1) is 12.1. The van der Waals surface area contributed by atoms with E-state index in [9.17, 15) is 4.79 Å². The lowest BCUT2D eigenvalue weighted by Gasteiger charge is -2.16. The van der Waals surface area contributed by atoms with E-state index in [1.165, 1.54) is 6.39 Å². The van der Waals surface area contributed by atoms with E-state index in [4.69, 9.17) is 10.2 Å². The lowest BCUT2D eigenvalue weighted by molar-refractivity contribution is -0.126. The van der Waals surface area contributed by atoms with E-state index >= 15 is 0 Å². The van der Waals surface area contributed by atoms with Gasteiger partial charge < -0.3 is 15.5 Å². The van der Waals surface area contributed by atoms with Gasteiger partial charge in [-0.1, -0.05) is 6.42 Å². The summed E-state index contributed by atoms with van der Waals surface area (Å²) in [5.41, 5.74) is 6.46. The van der Waals surface area contributed by atoms with Crippen LogP contribution in [0.1, 0.15) is 30.7 Å². The Morgan fingerprint density at radius 2 is 2.47 bits per heavy atom. The first-order valence-corrected chi connectivity index (χ1v) is 6.09. The molecule has 5 heteroatoms. The number of nitrogens with one attached hydrogen (secondary N) is 1. The number of nitrogens with zero attached hydrogens (tertiary/aromatic N) is 1. The maximum atomic E-state index is 12.0. The van der Waals surface area contributed by atoms with Crippen LogP contribution in [0.3, 0.4) is 0 Å². The Hall–Kier alpha value is -1.36. The molecule has 3 N–H and O–H groups in total. The maximum Gasteiger partial charge on any atom is 0.223 e. The molecule has 1 aliphatic carbocycles. The molecule has 0 unspecified atom stereocenters. The molecule has 1 fully saturated rings. The standard InChI is InChI=1S/C12H19N3O2/c1-8-11(15-7-17-8)6-14-12(16)10-4-2-3-9(10)5-13/h7,9-10H,2-6,13H2,1H3,(H,14,16)/t9-,10-/m1/s1. The highest BCUT2D eigenvalue weighted by molar-refractivity contribution is 5.79. The molecule has 1 aromatic heterocycles. The van der Waals surface area contributed by atoms with E-state index in [2.05, 4.69) is 10.3 Å². The summed E-state index contributed by atoms with van der Waals surface area (Å²) in [7, 11) is 0. The van der Waals surface area contributed by atoms with Crippen molar-refractivity contribution in [2.45, 2.75) is 32.7 Å². The smallest absolute Gasteiger partial charge is 0.223 e. The number of aryl methyl sites for hydroxylation is 1. The Balaban J connectivity index is 1.87. The first-order chi connectivity index (χ1) is 8.22. The van der Waals surface area contributed by atoms with Crippen LogP contribution in [0, 0.1) is 18.8 Å². The number of nitrogens with two attached hydrogens (primary N) is 1. The highest BCUT2D eigenvalue weighted by Crippen LogP contribution is 2.30. The van der Waals surface area contributed by atoms with E-state index in [0.717, 1.165) is 30.7 Å². The van der Waals surface area contributed by atoms with E-state index in [-0.39, 0.29) is 11.8 Å². The number of hydrogen-bond acceptors (Lipinski definition) is 4. The first-order valence-electron chi connectivity index (χ1n) is 6.09. The largest absolute Gasteiger partial charge is 0.448 e. The van der Waals surface area contributed by atoms with E-state index in [1.54, 1.807) is 0 Å². The van der Waals surface area contributed by atoms with Crippen molar-refractivity contribution in [1.29, 1.82) is 0 Å². The molecule has 0 bridgehead atoms. The highest BCUT2D eigenvalue weighted by atomic mass is 16.3. The Kier molecular flexibility index (Phi) is 3.78. The van der Waals surface area contributed by atoms with Gasteiger partial charge >= 0.3 is 0 Å². The Bertz CT molecular complexity index is 389. The number of aromatic nitrogens is 1. The predicted molar refractivity (Wildman–Crippen MR) is 63.0 cm³/mol. The summed E-state index contributed by atoms with van der Waals surface area (Å²) in [4.78, 5) is 16.0. The van der Waals surface area contributed by atoms with E-state index in [1.807, 2.05) is 6.92 Å². The summed E-state index contributed by atoms with van der Waals surface area (Å²) < 4.78 is 5.08. The molecule has 0 aliphatic heterocycles. The van der Waals surface area contributed by atoms with Crippen molar-refractivity contribution in [3.05, 3.63) is 17.8 Å². The van der Waals surface area contributed by atoms with Gasteiger partial charge in [0.1, 0.15) is 11.5 Å². The molecular weight excluding hydrogens is 218 g/mol. The molecule has 2 rings (SSSR count). The van der Waals surface area contributed by atoms with Crippen molar-refractivity contribution in [3.8, 4) is 0 Å². The summed E-state index contributed by atoms with van der Waals surface area (Å²) in [6, 6.07) is 0. The van der Waals surface area contributed by atoms with Crippen LogP contribution in [0.25, 0.3) is 0 Å². The van der Waals surface area contributed by atoms with Gasteiger partial charge in [0.25, 0.3) is 0 Å². The van der Waals surface area contributed by atoms with Crippen molar-refractivity contribution in [3.63, 3.8) is 0 Å². The molecule has 0 aromatic carbocycles. The molecule has 1 saturated carbocycles. The minimum atomic E-state index is 0.0761. The quantitative estimate of drug-likeness (QED) is 0.817. The molecule has 0 radical (unpaired) electrons. The van der Waals surface area contributed by atoms with Crippen LogP contribution < -0.4 is 11.1 Å². The number of oxazole rings is 1. The zero-order valence-electron chi connectivity index (χ0n) is 10.1. The third-order valence-electron chi connectivity index (χ3n) is 3.57. The van der Waals surface area contributed by atoms with Crippen LogP contribution in [0.2, 0.25) is 0 Å². The lowest BCUT2D eigenvalue weighted by atomic mass is 9.95. The molecule has 0 spiro atoms. The average Bonchev–Trinajstić information content (AvgIpc) is 2.94. The van der Waals surface area contributed by atoms with E-state index in [0.29, 0.717) is 19.0 Å². The van der Waals surface area contributed by atoms with Gasteiger partial charge in [0, 0.05) is 5.92 Å². The van der Waals surface area contributed by atoms with E-state index < -0.39 is 0 Å². The van der Waals surface area contributed by atoms with Crippen LogP contribution in [0.5, 0.6) is 0 Å². The fourth-order valence-electron chi connectivity index (χ4n) is 2.46. The minimum absolute atomic E-state index is 0.0761. The summed E-state index contributed by atoms with van der Waals surface area (Å²) >= 11 is 0. The number of rotatable bonds is 4. The molecule has 0 saturated heterocycles. The molecule has 94 valence electrons. The highest BCUT2D eigenvalue weighted by Gasteiger charge is 2.31. The van der Waals surface area contributed by atoms with Crippen LogP contribution in [-0.4, -0.2) is 17.4 Å². The minimum Gasteiger partial charge on any atom is -0.448 e. The van der Waals surface area contributed by atoms with Gasteiger partial charge in [0.05, 0.1) is 6.54 Å². The Morgan fingerprint density at radius 1 is 1.65 bits per heavy atom. The SMILES string of the molecule is Cc1ocnc1CNC(=O)[C@@H]1CCC[C@@H]1CN. The number of carbonyl (C=O) groups is 1. The van der Waals surface area contributed by atoms with Crippen LogP contribution in [0.15, 0.2) is 10.8 Å². The van der Waals surface area contributed by atoms with Gasteiger partial charge in [-0.3, -0.25) is 4.79 Å². The molecule has 17 heavy (non-hydrogen) atoms. The van der Waals surface area contributed by atoms with Gasteiger partial charge in [0.15, 0.2) is 6.39 Å². The van der Waals surface area contributed by atoms with Gasteiger partial charge in [0.2, 0.25) is 5.91 Å². The normalized spacial score (nSPS) is 23.9. The van der Waals surface area contributed by atoms with Crippen molar-refractivity contribution >= 4 is 5.91 Å². The molecule has 1 aromatic rings. The molecular formula is C12H19N3O2. The molecule has 1 aliphatic rings. The van der Waals surface area contributed by atoms with Gasteiger partial charge in [-0.25, -0.2) is 4.98 Å². The van der Waals surface area contributed by atoms with Crippen molar-refractivity contribution < 1.29 is 9.21 Å². The third kappa shape index (κ3) is 2.66. The monoisotopic (exact) mass is 237 g/mol. The van der Waals surface area contributed by atoms with Gasteiger partial charge in [-0.05, 0) is 32.2 Å². The topological polar surface area (TPSA) is 81.2 Å². The molecule has 2 atom stereocenters. The summed E-state index contributed by atoms with van der Waals surface area (Å²) in [5.74, 6) is 1.27. The van der Waals surface area contributed by atoms with Gasteiger partial charge in [-0.2, -0.15) is 0 Å². The number of amides is 1. The maximum absolute atomic E-state index is 12.0. The zero-order chi connectivity index (χ0) is 12.3. The molecule has 5 nitrogen and oxygen atoms in total. The zero-order valence-corrected chi connectivity index (χ0v) is 10.1. The molecule has 1 amide bonds. The van der Waals surface area contributed by atoms with Crippen molar-refractivity contribution in [2.24, 2.45) is 17.6 Å². The van der Waals surface area contributed by atoms with Crippen LogP contribution in [-0.2, 0) is 11.3 Å². The second kappa shape index (κ2) is 5.31. The fraction of sp³-hybridized carbons (Fsp3) is 0.667. The summed E-state index contributed by atoms with van der Waals surface area (Å²) in [5, 5.41) is 2.92. The summed E-state index contributed by atoms with van der Waals surface area (Å²) in [6.45, 7) is 2.88. The average molecular weight is 237 g/mol. The van der Waals surface area contributed by atoms with Crippen LogP contribution in [0.4, 0.5) is 0 Å². The number of hydrogen-bond donors (Lipinski definition) is 2. The lowest BCUT2D eigenvalue weighted by Crippen LogP contribution is -2.34. The van der Waals surface area contributed by atoms with Crippen LogP contribution >= 0.6 is 0 Å². The predicted octanol–water partition coefficient (Wildman–Crippen LogP) is 0.974. The molecule has 1 heterocycles. The number of carbonyl (C=O) groups excluding carboxylic acids is 1. The van der Waals surface area contributed by atoms with Crippen molar-refractivity contribution in [2.75, 3.05) is 6.54 Å². The van der Waals surface area contributed by atoms with Gasteiger partial charge in [-0.15, -0.1) is 0 Å². The summed E-state index contributed by atoms with van der Waals surface area (Å²) in [6.07, 6.45) is 4.51. The van der Waals surface area contributed by atoms with Crippen molar-refractivity contribution in [1.82, 2.24) is 10.3 Å². The Morgan fingerprint density at radius 3 is 3.12 bits per heavy atom. The fourth-order valence-corrected chi connectivity index (χ4v) is 2.46. The second-order valence-corrected chi connectivity index (χ2v) is 4.61. The Labute approximate surface area is 101 Å². The second-order valence-electron chi connectivity index (χ2n) is 4.61. The third-order valence-corrected chi connectivity index (χ3v) is 3.57.